The van der Waals surface area contributed by atoms with E-state index in [2.05, 4.69) is 15.3 Å². The molecule has 0 saturated heterocycles. The SMILES string of the molecule is CCOc1ccc(Nc2ncnc(Oc3cccc4ccccc34)c2[N+](=O)[O-])cc1. The second kappa shape index (κ2) is 8.44. The molecule has 1 N–H and O–H groups in total. The average Bonchev–Trinajstić information content (AvgIpc) is 2.75. The Morgan fingerprint density at radius 3 is 2.53 bits per heavy atom. The van der Waals surface area contributed by atoms with Crippen molar-refractivity contribution in [3.05, 3.63) is 83.2 Å². The van der Waals surface area contributed by atoms with Crippen LogP contribution in [0.2, 0.25) is 0 Å². The molecule has 150 valence electrons. The summed E-state index contributed by atoms with van der Waals surface area (Å²) in [5.74, 6) is 1.08. The molecule has 4 rings (SSSR count). The van der Waals surface area contributed by atoms with Gasteiger partial charge in [0.1, 0.15) is 17.8 Å². The molecule has 1 aromatic heterocycles. The van der Waals surface area contributed by atoms with Crippen molar-refractivity contribution < 1.29 is 14.4 Å². The van der Waals surface area contributed by atoms with E-state index in [-0.39, 0.29) is 17.4 Å². The number of nitro groups is 1. The molecule has 30 heavy (non-hydrogen) atoms. The van der Waals surface area contributed by atoms with E-state index < -0.39 is 4.92 Å². The Balaban J connectivity index is 1.68. The standard InChI is InChI=1S/C22H18N4O4/c1-2-29-17-12-10-16(11-13-17)25-21-20(26(27)28)22(24-14-23-21)30-19-9-5-7-15-6-3-4-8-18(15)19/h3-14H,2H2,1H3,(H,23,24,25). The van der Waals surface area contributed by atoms with E-state index in [9.17, 15) is 10.1 Å². The monoisotopic (exact) mass is 402 g/mol. The van der Waals surface area contributed by atoms with Crippen LogP contribution in [0, 0.1) is 10.1 Å². The van der Waals surface area contributed by atoms with Crippen molar-refractivity contribution in [1.82, 2.24) is 9.97 Å². The average molecular weight is 402 g/mol. The molecule has 0 unspecified atom stereocenters. The number of nitrogens with one attached hydrogen (secondary N) is 1. The lowest BCUT2D eigenvalue weighted by atomic mass is 10.1. The lowest BCUT2D eigenvalue weighted by molar-refractivity contribution is -0.385. The van der Waals surface area contributed by atoms with Gasteiger partial charge in [-0.3, -0.25) is 10.1 Å². The van der Waals surface area contributed by atoms with Gasteiger partial charge in [0.15, 0.2) is 0 Å². The highest BCUT2D eigenvalue weighted by Crippen LogP contribution is 2.37. The first kappa shape index (κ1) is 19.1. The molecule has 0 aliphatic carbocycles. The van der Waals surface area contributed by atoms with Crippen LogP contribution in [-0.2, 0) is 0 Å². The second-order valence-electron chi connectivity index (χ2n) is 6.29. The Kier molecular flexibility index (Phi) is 5.38. The van der Waals surface area contributed by atoms with Crippen molar-refractivity contribution >= 4 is 28.0 Å². The van der Waals surface area contributed by atoms with Gasteiger partial charge in [-0.15, -0.1) is 0 Å². The van der Waals surface area contributed by atoms with E-state index in [1.165, 1.54) is 6.33 Å². The highest BCUT2D eigenvalue weighted by atomic mass is 16.6. The number of nitrogens with zero attached hydrogens (tertiary/aromatic N) is 3. The van der Waals surface area contributed by atoms with Crippen LogP contribution in [0.15, 0.2) is 73.1 Å². The number of anilines is 2. The summed E-state index contributed by atoms with van der Waals surface area (Å²) in [6, 6.07) is 20.2. The number of fused-ring (bicyclic) bond motifs is 1. The van der Waals surface area contributed by atoms with Gasteiger partial charge in [0, 0.05) is 11.1 Å². The van der Waals surface area contributed by atoms with Gasteiger partial charge < -0.3 is 14.8 Å². The summed E-state index contributed by atoms with van der Waals surface area (Å²) < 4.78 is 11.3. The zero-order valence-corrected chi connectivity index (χ0v) is 16.1. The Hall–Kier alpha value is -4.20. The van der Waals surface area contributed by atoms with Crippen LogP contribution < -0.4 is 14.8 Å². The number of benzene rings is 3. The van der Waals surface area contributed by atoms with E-state index in [1.807, 2.05) is 43.3 Å². The fourth-order valence-corrected chi connectivity index (χ4v) is 3.02. The molecule has 0 saturated carbocycles. The maximum Gasteiger partial charge on any atom is 0.373 e. The molecule has 0 aliphatic rings. The van der Waals surface area contributed by atoms with E-state index in [4.69, 9.17) is 9.47 Å². The zero-order chi connectivity index (χ0) is 20.9. The predicted molar refractivity (Wildman–Crippen MR) is 114 cm³/mol. The molecule has 4 aromatic rings. The number of ether oxygens (including phenoxy) is 2. The van der Waals surface area contributed by atoms with Crippen molar-refractivity contribution in [1.29, 1.82) is 0 Å². The van der Waals surface area contributed by atoms with Crippen LogP contribution in [0.5, 0.6) is 17.4 Å². The summed E-state index contributed by atoms with van der Waals surface area (Å²) in [4.78, 5) is 19.3. The van der Waals surface area contributed by atoms with Crippen LogP contribution in [0.1, 0.15) is 6.92 Å². The Bertz CT molecular complexity index is 1190. The number of hydrogen-bond acceptors (Lipinski definition) is 7. The molecule has 0 fully saturated rings. The summed E-state index contributed by atoms with van der Waals surface area (Å²) in [7, 11) is 0. The first-order valence-electron chi connectivity index (χ1n) is 9.30. The van der Waals surface area contributed by atoms with Crippen molar-refractivity contribution in [2.75, 3.05) is 11.9 Å². The van der Waals surface area contributed by atoms with Crippen LogP contribution in [0.25, 0.3) is 10.8 Å². The van der Waals surface area contributed by atoms with E-state index in [0.717, 1.165) is 10.8 Å². The molecule has 1 heterocycles. The highest BCUT2D eigenvalue weighted by Gasteiger charge is 2.25. The third kappa shape index (κ3) is 3.97. The van der Waals surface area contributed by atoms with Crippen LogP contribution in [0.4, 0.5) is 17.2 Å². The number of rotatable bonds is 7. The Labute approximate surface area is 172 Å². The minimum atomic E-state index is -0.558. The normalized spacial score (nSPS) is 10.6. The third-order valence-corrected chi connectivity index (χ3v) is 4.36. The van der Waals surface area contributed by atoms with Gasteiger partial charge in [0.05, 0.1) is 11.5 Å². The molecular weight excluding hydrogens is 384 g/mol. The van der Waals surface area contributed by atoms with Gasteiger partial charge in [-0.1, -0.05) is 36.4 Å². The molecule has 0 radical (unpaired) electrons. The molecular formula is C22H18N4O4. The quantitative estimate of drug-likeness (QED) is 0.323. The fraction of sp³-hybridized carbons (Fsp3) is 0.0909. The minimum absolute atomic E-state index is 0.0365. The van der Waals surface area contributed by atoms with Gasteiger partial charge in [-0.05, 0) is 42.6 Å². The molecule has 3 aromatic carbocycles. The van der Waals surface area contributed by atoms with E-state index in [0.29, 0.717) is 23.8 Å². The largest absolute Gasteiger partial charge is 0.494 e. The number of aromatic nitrogens is 2. The molecule has 8 heteroatoms. The second-order valence-corrected chi connectivity index (χ2v) is 6.29. The lowest BCUT2D eigenvalue weighted by Gasteiger charge is -2.11. The molecule has 0 amide bonds. The number of hydrogen-bond donors (Lipinski definition) is 1. The minimum Gasteiger partial charge on any atom is -0.494 e. The van der Waals surface area contributed by atoms with Crippen LogP contribution in [0.3, 0.4) is 0 Å². The summed E-state index contributed by atoms with van der Waals surface area (Å²) in [5, 5.41) is 16.6. The van der Waals surface area contributed by atoms with Crippen molar-refractivity contribution in [3.8, 4) is 17.4 Å². The summed E-state index contributed by atoms with van der Waals surface area (Å²) in [5.41, 5.74) is 0.274. The first-order chi connectivity index (χ1) is 14.7. The fourth-order valence-electron chi connectivity index (χ4n) is 3.02. The van der Waals surface area contributed by atoms with Crippen molar-refractivity contribution in [2.45, 2.75) is 6.92 Å². The van der Waals surface area contributed by atoms with Gasteiger partial charge >= 0.3 is 11.6 Å². The van der Waals surface area contributed by atoms with Crippen LogP contribution in [-0.4, -0.2) is 21.5 Å². The molecule has 0 bridgehead atoms. The first-order valence-corrected chi connectivity index (χ1v) is 9.30. The van der Waals surface area contributed by atoms with Gasteiger partial charge in [-0.2, -0.15) is 4.98 Å². The van der Waals surface area contributed by atoms with Gasteiger partial charge in [0.25, 0.3) is 0 Å². The van der Waals surface area contributed by atoms with E-state index in [1.54, 1.807) is 30.3 Å². The molecule has 0 spiro atoms. The summed E-state index contributed by atoms with van der Waals surface area (Å²) >= 11 is 0. The maximum absolute atomic E-state index is 11.8. The molecule has 8 nitrogen and oxygen atoms in total. The van der Waals surface area contributed by atoms with Gasteiger partial charge in [0.2, 0.25) is 5.82 Å². The zero-order valence-electron chi connectivity index (χ0n) is 16.1. The Morgan fingerprint density at radius 2 is 1.77 bits per heavy atom. The van der Waals surface area contributed by atoms with Gasteiger partial charge in [-0.25, -0.2) is 4.98 Å². The Morgan fingerprint density at radius 1 is 1.00 bits per heavy atom. The highest BCUT2D eigenvalue weighted by molar-refractivity contribution is 5.88. The van der Waals surface area contributed by atoms with Crippen molar-refractivity contribution in [2.24, 2.45) is 0 Å². The van der Waals surface area contributed by atoms with Crippen LogP contribution >= 0.6 is 0 Å². The van der Waals surface area contributed by atoms with Crippen molar-refractivity contribution in [3.63, 3.8) is 0 Å². The summed E-state index contributed by atoms with van der Waals surface area (Å²) in [6.07, 6.45) is 1.23. The maximum atomic E-state index is 11.8. The third-order valence-electron chi connectivity index (χ3n) is 4.36. The smallest absolute Gasteiger partial charge is 0.373 e. The molecule has 0 atom stereocenters. The molecule has 0 aliphatic heterocycles. The van der Waals surface area contributed by atoms with E-state index >= 15 is 0 Å². The topological polar surface area (TPSA) is 99.4 Å². The summed E-state index contributed by atoms with van der Waals surface area (Å²) in [6.45, 7) is 2.45. The predicted octanol–water partition coefficient (Wildman–Crippen LogP) is 5.47. The lowest BCUT2D eigenvalue weighted by Crippen LogP contribution is -2.03.